The van der Waals surface area contributed by atoms with Gasteiger partial charge in [-0.3, -0.25) is 0 Å². The minimum absolute atomic E-state index is 0.114. The number of hydrogen-bond acceptors (Lipinski definition) is 5. The Morgan fingerprint density at radius 2 is 1.95 bits per heavy atom. The molecule has 0 aliphatic rings. The van der Waals surface area contributed by atoms with E-state index < -0.39 is 0 Å². The van der Waals surface area contributed by atoms with Crippen LogP contribution in [0, 0.1) is 0 Å². The summed E-state index contributed by atoms with van der Waals surface area (Å²) in [5.74, 6) is 1.23. The van der Waals surface area contributed by atoms with Crippen molar-refractivity contribution >= 4 is 11.6 Å². The molecule has 1 heterocycles. The van der Waals surface area contributed by atoms with Crippen molar-refractivity contribution in [1.29, 1.82) is 0 Å². The highest BCUT2D eigenvalue weighted by atomic mass is 35.5. The van der Waals surface area contributed by atoms with Crippen molar-refractivity contribution in [3.63, 3.8) is 0 Å². The van der Waals surface area contributed by atoms with Gasteiger partial charge in [-0.25, -0.2) is 0 Å². The predicted octanol–water partition coefficient (Wildman–Crippen LogP) is 3.38. The molecule has 1 aromatic carbocycles. The quantitative estimate of drug-likeness (QED) is 0.817. The summed E-state index contributed by atoms with van der Waals surface area (Å²) in [7, 11) is 0. The summed E-state index contributed by atoms with van der Waals surface area (Å²) in [6.45, 7) is 5.09. The Hall–Kier alpha value is -1.88. The fourth-order valence-corrected chi connectivity index (χ4v) is 1.76. The summed E-state index contributed by atoms with van der Waals surface area (Å²) in [5, 5.41) is 0.114. The van der Waals surface area contributed by atoms with Crippen molar-refractivity contribution in [2.75, 3.05) is 13.2 Å². The van der Waals surface area contributed by atoms with Gasteiger partial charge in [0.25, 0.3) is 0 Å². The van der Waals surface area contributed by atoms with E-state index in [1.807, 2.05) is 38.1 Å². The van der Waals surface area contributed by atoms with E-state index in [-0.39, 0.29) is 11.3 Å². The molecule has 0 bridgehead atoms. The van der Waals surface area contributed by atoms with E-state index in [2.05, 4.69) is 15.0 Å². The second-order valence-electron chi connectivity index (χ2n) is 4.02. The van der Waals surface area contributed by atoms with Gasteiger partial charge in [-0.2, -0.15) is 15.0 Å². The molecule has 0 aliphatic carbocycles. The molecule has 2 aromatic rings. The molecule has 6 heteroatoms. The van der Waals surface area contributed by atoms with Crippen LogP contribution in [0.15, 0.2) is 24.3 Å². The lowest BCUT2D eigenvalue weighted by Gasteiger charge is -2.07. The third kappa shape index (κ3) is 3.81. The summed E-state index contributed by atoms with van der Waals surface area (Å²) >= 11 is 5.91. The van der Waals surface area contributed by atoms with Crippen LogP contribution < -0.4 is 9.47 Å². The number of halogens is 1. The Morgan fingerprint density at radius 3 is 2.70 bits per heavy atom. The summed E-state index contributed by atoms with van der Waals surface area (Å²) in [5.41, 5.74) is 0.807. The molecule has 0 radical (unpaired) electrons. The minimum Gasteiger partial charge on any atom is -0.494 e. The first-order valence-corrected chi connectivity index (χ1v) is 6.88. The standard InChI is InChI=1S/C14H16ClN3O2/c1-3-8-20-14-17-12(16-13(15)18-14)10-6-5-7-11(9-10)19-4-2/h5-7,9H,3-4,8H2,1-2H3. The van der Waals surface area contributed by atoms with Gasteiger partial charge in [-0.1, -0.05) is 19.1 Å². The molecule has 0 saturated heterocycles. The highest BCUT2D eigenvalue weighted by molar-refractivity contribution is 6.28. The van der Waals surface area contributed by atoms with E-state index in [4.69, 9.17) is 21.1 Å². The molecule has 5 nitrogen and oxygen atoms in total. The van der Waals surface area contributed by atoms with Crippen molar-refractivity contribution in [1.82, 2.24) is 15.0 Å². The van der Waals surface area contributed by atoms with E-state index >= 15 is 0 Å². The van der Waals surface area contributed by atoms with Gasteiger partial charge in [-0.05, 0) is 37.1 Å². The Labute approximate surface area is 123 Å². The van der Waals surface area contributed by atoms with Crippen molar-refractivity contribution in [3.05, 3.63) is 29.5 Å². The minimum atomic E-state index is 0.114. The van der Waals surface area contributed by atoms with Gasteiger partial charge < -0.3 is 9.47 Å². The van der Waals surface area contributed by atoms with Crippen LogP contribution in [0.5, 0.6) is 11.8 Å². The fourth-order valence-electron chi connectivity index (χ4n) is 1.61. The average Bonchev–Trinajstić information content (AvgIpc) is 2.45. The molecule has 0 saturated carbocycles. The maximum Gasteiger partial charge on any atom is 0.321 e. The summed E-state index contributed by atoms with van der Waals surface area (Å²) in [4.78, 5) is 12.3. The first-order chi connectivity index (χ1) is 9.72. The van der Waals surface area contributed by atoms with Gasteiger partial charge >= 0.3 is 6.01 Å². The molecule has 106 valence electrons. The zero-order chi connectivity index (χ0) is 14.4. The molecule has 1 aromatic heterocycles. The summed E-state index contributed by atoms with van der Waals surface area (Å²) in [6.07, 6.45) is 0.873. The monoisotopic (exact) mass is 293 g/mol. The topological polar surface area (TPSA) is 57.1 Å². The Kier molecular flexibility index (Phi) is 5.12. The van der Waals surface area contributed by atoms with Crippen molar-refractivity contribution in [2.45, 2.75) is 20.3 Å². The second kappa shape index (κ2) is 7.05. The van der Waals surface area contributed by atoms with Crippen LogP contribution in [0.4, 0.5) is 0 Å². The smallest absolute Gasteiger partial charge is 0.321 e. The Bertz CT molecular complexity index is 578. The lowest BCUT2D eigenvalue weighted by molar-refractivity contribution is 0.291. The lowest BCUT2D eigenvalue weighted by Crippen LogP contribution is -2.03. The molecule has 20 heavy (non-hydrogen) atoms. The summed E-state index contributed by atoms with van der Waals surface area (Å²) in [6, 6.07) is 7.74. The largest absolute Gasteiger partial charge is 0.494 e. The highest BCUT2D eigenvalue weighted by Crippen LogP contribution is 2.23. The normalized spacial score (nSPS) is 10.3. The van der Waals surface area contributed by atoms with Crippen LogP contribution in [0.2, 0.25) is 5.28 Å². The molecule has 2 rings (SSSR count). The zero-order valence-electron chi connectivity index (χ0n) is 11.5. The van der Waals surface area contributed by atoms with Gasteiger partial charge in [0.05, 0.1) is 13.2 Å². The van der Waals surface area contributed by atoms with Crippen LogP contribution in [0.3, 0.4) is 0 Å². The van der Waals surface area contributed by atoms with Crippen LogP contribution >= 0.6 is 11.6 Å². The average molecular weight is 294 g/mol. The number of benzene rings is 1. The molecular weight excluding hydrogens is 278 g/mol. The van der Waals surface area contributed by atoms with Crippen LogP contribution in [0.25, 0.3) is 11.4 Å². The van der Waals surface area contributed by atoms with E-state index in [9.17, 15) is 0 Å². The van der Waals surface area contributed by atoms with Gasteiger partial charge in [0.15, 0.2) is 5.82 Å². The predicted molar refractivity (Wildman–Crippen MR) is 77.2 cm³/mol. The molecule has 0 fully saturated rings. The molecular formula is C14H16ClN3O2. The van der Waals surface area contributed by atoms with Gasteiger partial charge in [0, 0.05) is 5.56 Å². The summed E-state index contributed by atoms with van der Waals surface area (Å²) < 4.78 is 10.9. The fraction of sp³-hybridized carbons (Fsp3) is 0.357. The van der Waals surface area contributed by atoms with Crippen molar-refractivity contribution < 1.29 is 9.47 Å². The number of ether oxygens (including phenoxy) is 2. The number of nitrogens with zero attached hydrogens (tertiary/aromatic N) is 3. The molecule has 0 unspecified atom stereocenters. The van der Waals surface area contributed by atoms with Gasteiger partial charge in [-0.15, -0.1) is 0 Å². The second-order valence-corrected chi connectivity index (χ2v) is 4.36. The molecule has 0 amide bonds. The first-order valence-electron chi connectivity index (χ1n) is 6.50. The number of hydrogen-bond donors (Lipinski definition) is 0. The molecule has 0 aliphatic heterocycles. The van der Waals surface area contributed by atoms with E-state index in [1.54, 1.807) is 0 Å². The Balaban J connectivity index is 2.31. The maximum absolute atomic E-state index is 5.91. The van der Waals surface area contributed by atoms with Crippen molar-refractivity contribution in [3.8, 4) is 23.1 Å². The van der Waals surface area contributed by atoms with E-state index in [1.165, 1.54) is 0 Å². The van der Waals surface area contributed by atoms with Crippen LogP contribution in [-0.2, 0) is 0 Å². The van der Waals surface area contributed by atoms with Crippen LogP contribution in [0.1, 0.15) is 20.3 Å². The van der Waals surface area contributed by atoms with E-state index in [0.717, 1.165) is 17.7 Å². The van der Waals surface area contributed by atoms with Crippen molar-refractivity contribution in [2.24, 2.45) is 0 Å². The highest BCUT2D eigenvalue weighted by Gasteiger charge is 2.09. The Morgan fingerprint density at radius 1 is 1.10 bits per heavy atom. The SMILES string of the molecule is CCCOc1nc(Cl)nc(-c2cccc(OCC)c2)n1. The third-order valence-electron chi connectivity index (χ3n) is 2.43. The molecule has 0 N–H and O–H groups in total. The maximum atomic E-state index is 5.91. The lowest BCUT2D eigenvalue weighted by atomic mass is 10.2. The van der Waals surface area contributed by atoms with Gasteiger partial charge in [0.2, 0.25) is 5.28 Å². The number of rotatable bonds is 6. The van der Waals surface area contributed by atoms with Gasteiger partial charge in [0.1, 0.15) is 5.75 Å². The number of aromatic nitrogens is 3. The first kappa shape index (κ1) is 14.5. The van der Waals surface area contributed by atoms with E-state index in [0.29, 0.717) is 19.0 Å². The zero-order valence-corrected chi connectivity index (χ0v) is 12.2. The third-order valence-corrected chi connectivity index (χ3v) is 2.60. The molecule has 0 spiro atoms. The van der Waals surface area contributed by atoms with Crippen LogP contribution in [-0.4, -0.2) is 28.2 Å². The molecule has 0 atom stereocenters.